The number of hydrogen-bond acceptors (Lipinski definition) is 4. The minimum atomic E-state index is -0.416. The largest absolute Gasteiger partial charge is 0.339 e. The molecule has 154 valence electrons. The highest BCUT2D eigenvalue weighted by Crippen LogP contribution is 2.44. The Balaban J connectivity index is 1.44. The van der Waals surface area contributed by atoms with Gasteiger partial charge in [0.25, 0.3) is 0 Å². The first kappa shape index (κ1) is 21.0. The number of rotatable bonds is 9. The van der Waals surface area contributed by atoms with Gasteiger partial charge in [0.15, 0.2) is 0 Å². The molecule has 1 aromatic rings. The summed E-state index contributed by atoms with van der Waals surface area (Å²) in [5, 5.41) is 0. The van der Waals surface area contributed by atoms with E-state index in [-0.39, 0.29) is 11.7 Å². The summed E-state index contributed by atoms with van der Waals surface area (Å²) >= 11 is 0. The second-order valence-corrected chi connectivity index (χ2v) is 8.12. The van der Waals surface area contributed by atoms with Crippen molar-refractivity contribution in [3.8, 4) is 0 Å². The lowest BCUT2D eigenvalue weighted by molar-refractivity contribution is -0.134. The van der Waals surface area contributed by atoms with Gasteiger partial charge in [-0.05, 0) is 50.6 Å². The smallest absolute Gasteiger partial charge is 0.239 e. The SMILES string of the molecule is C=CCN(CCC[C@H](N)C(=O)N1CCN(C)CC1)[C@@H]1C[C@H]1c1ccc(F)cc1. The van der Waals surface area contributed by atoms with Crippen LogP contribution in [0.5, 0.6) is 0 Å². The molecule has 0 unspecified atom stereocenters. The second kappa shape index (κ2) is 9.63. The van der Waals surface area contributed by atoms with Gasteiger partial charge in [-0.15, -0.1) is 6.58 Å². The van der Waals surface area contributed by atoms with E-state index in [1.807, 2.05) is 23.1 Å². The van der Waals surface area contributed by atoms with E-state index in [9.17, 15) is 9.18 Å². The number of piperazine rings is 1. The number of nitrogens with zero attached hydrogens (tertiary/aromatic N) is 3. The lowest BCUT2D eigenvalue weighted by Gasteiger charge is -2.34. The first-order chi connectivity index (χ1) is 13.5. The van der Waals surface area contributed by atoms with Crippen molar-refractivity contribution in [2.45, 2.75) is 37.3 Å². The van der Waals surface area contributed by atoms with Crippen molar-refractivity contribution < 1.29 is 9.18 Å². The van der Waals surface area contributed by atoms with Gasteiger partial charge in [0.05, 0.1) is 6.04 Å². The number of carbonyl (C=O) groups is 1. The van der Waals surface area contributed by atoms with E-state index in [1.165, 1.54) is 17.7 Å². The minimum Gasteiger partial charge on any atom is -0.339 e. The zero-order valence-electron chi connectivity index (χ0n) is 16.9. The summed E-state index contributed by atoms with van der Waals surface area (Å²) in [6, 6.07) is 6.89. The molecule has 2 aliphatic rings. The molecule has 2 fully saturated rings. The number of carbonyl (C=O) groups excluding carboxylic acids is 1. The second-order valence-electron chi connectivity index (χ2n) is 8.12. The van der Waals surface area contributed by atoms with E-state index >= 15 is 0 Å². The van der Waals surface area contributed by atoms with Gasteiger partial charge in [0, 0.05) is 44.7 Å². The number of nitrogens with two attached hydrogens (primary N) is 1. The van der Waals surface area contributed by atoms with Gasteiger partial charge < -0.3 is 15.5 Å². The van der Waals surface area contributed by atoms with Crippen LogP contribution < -0.4 is 5.73 Å². The van der Waals surface area contributed by atoms with Crippen molar-refractivity contribution in [1.29, 1.82) is 0 Å². The first-order valence-electron chi connectivity index (χ1n) is 10.3. The van der Waals surface area contributed by atoms with E-state index in [0.29, 0.717) is 18.4 Å². The molecule has 0 radical (unpaired) electrons. The summed E-state index contributed by atoms with van der Waals surface area (Å²) in [6.07, 6.45) is 4.61. The van der Waals surface area contributed by atoms with E-state index in [0.717, 1.165) is 52.1 Å². The summed E-state index contributed by atoms with van der Waals surface area (Å²) < 4.78 is 13.1. The number of amides is 1. The van der Waals surface area contributed by atoms with Crippen molar-refractivity contribution in [1.82, 2.24) is 14.7 Å². The summed E-state index contributed by atoms with van der Waals surface area (Å²) in [5.74, 6) is 0.350. The predicted molar refractivity (Wildman–Crippen MR) is 111 cm³/mol. The Labute approximate surface area is 168 Å². The number of halogens is 1. The van der Waals surface area contributed by atoms with Crippen molar-refractivity contribution >= 4 is 5.91 Å². The number of hydrogen-bond donors (Lipinski definition) is 1. The third kappa shape index (κ3) is 5.40. The zero-order valence-corrected chi connectivity index (χ0v) is 16.9. The van der Waals surface area contributed by atoms with Gasteiger partial charge in [-0.25, -0.2) is 4.39 Å². The number of benzene rings is 1. The Morgan fingerprint density at radius 1 is 1.32 bits per heavy atom. The Bertz CT molecular complexity index is 657. The van der Waals surface area contributed by atoms with Crippen LogP contribution in [0.4, 0.5) is 4.39 Å². The molecule has 6 heteroatoms. The third-order valence-electron chi connectivity index (χ3n) is 5.98. The summed E-state index contributed by atoms with van der Waals surface area (Å²) in [4.78, 5) is 19.1. The lowest BCUT2D eigenvalue weighted by Crippen LogP contribution is -2.52. The molecule has 0 spiro atoms. The highest BCUT2D eigenvalue weighted by atomic mass is 19.1. The highest BCUT2D eigenvalue weighted by Gasteiger charge is 2.42. The monoisotopic (exact) mass is 388 g/mol. The normalized spacial score (nSPS) is 23.6. The maximum Gasteiger partial charge on any atom is 0.239 e. The van der Waals surface area contributed by atoms with Gasteiger partial charge in [0.2, 0.25) is 5.91 Å². The van der Waals surface area contributed by atoms with Crippen LogP contribution in [-0.2, 0) is 4.79 Å². The van der Waals surface area contributed by atoms with Crippen LogP contribution in [0.2, 0.25) is 0 Å². The van der Waals surface area contributed by atoms with Gasteiger partial charge in [-0.2, -0.15) is 0 Å². The quantitative estimate of drug-likeness (QED) is 0.658. The predicted octanol–water partition coefficient (Wildman–Crippen LogP) is 2.05. The molecule has 1 aliphatic heterocycles. The van der Waals surface area contributed by atoms with E-state index < -0.39 is 6.04 Å². The van der Waals surface area contributed by atoms with Gasteiger partial charge >= 0.3 is 0 Å². The minimum absolute atomic E-state index is 0.0824. The third-order valence-corrected chi connectivity index (χ3v) is 5.98. The molecule has 1 amide bonds. The maximum atomic E-state index is 13.1. The molecule has 0 aromatic heterocycles. The topological polar surface area (TPSA) is 52.8 Å². The summed E-state index contributed by atoms with van der Waals surface area (Å²) in [5.41, 5.74) is 7.38. The summed E-state index contributed by atoms with van der Waals surface area (Å²) in [6.45, 7) is 8.97. The molecule has 1 heterocycles. The molecule has 2 N–H and O–H groups in total. The fourth-order valence-electron chi connectivity index (χ4n) is 4.11. The Morgan fingerprint density at radius 2 is 2.00 bits per heavy atom. The van der Waals surface area contributed by atoms with Crippen molar-refractivity contribution in [3.05, 3.63) is 48.3 Å². The molecule has 3 atom stereocenters. The fourth-order valence-corrected chi connectivity index (χ4v) is 4.11. The van der Waals surface area contributed by atoms with Crippen LogP contribution in [0.3, 0.4) is 0 Å². The molecular weight excluding hydrogens is 355 g/mol. The highest BCUT2D eigenvalue weighted by molar-refractivity contribution is 5.81. The molecule has 3 rings (SSSR count). The Hall–Kier alpha value is -1.76. The maximum absolute atomic E-state index is 13.1. The van der Waals surface area contributed by atoms with Gasteiger partial charge in [-0.3, -0.25) is 9.69 Å². The standard InChI is InChI=1S/C22H33FN4O/c1-3-10-26(21-16-19(21)17-6-8-18(23)9-7-17)11-4-5-20(24)22(28)27-14-12-25(2)13-15-27/h3,6-9,19-21H,1,4-5,10-16,24H2,2H3/t19-,20-,21+/m0/s1. The molecular formula is C22H33FN4O. The van der Waals surface area contributed by atoms with E-state index in [4.69, 9.17) is 5.73 Å². The van der Waals surface area contributed by atoms with Crippen LogP contribution in [0, 0.1) is 5.82 Å². The average molecular weight is 389 g/mol. The van der Waals surface area contributed by atoms with Gasteiger partial charge in [-0.1, -0.05) is 18.2 Å². The van der Waals surface area contributed by atoms with Crippen LogP contribution in [0.25, 0.3) is 0 Å². The Morgan fingerprint density at radius 3 is 2.64 bits per heavy atom. The Kier molecular flexibility index (Phi) is 7.21. The number of likely N-dealkylation sites (N-methyl/N-ethyl adjacent to an activating group) is 1. The van der Waals surface area contributed by atoms with Crippen LogP contribution in [0.15, 0.2) is 36.9 Å². The molecule has 5 nitrogen and oxygen atoms in total. The average Bonchev–Trinajstić information content (AvgIpc) is 3.48. The lowest BCUT2D eigenvalue weighted by atomic mass is 10.1. The van der Waals surface area contributed by atoms with Gasteiger partial charge in [0.1, 0.15) is 5.82 Å². The fraction of sp³-hybridized carbons (Fsp3) is 0.591. The molecule has 1 aliphatic carbocycles. The molecule has 0 bridgehead atoms. The van der Waals surface area contributed by atoms with E-state index in [2.05, 4.69) is 23.4 Å². The van der Waals surface area contributed by atoms with Crippen molar-refractivity contribution in [3.63, 3.8) is 0 Å². The van der Waals surface area contributed by atoms with E-state index in [1.54, 1.807) is 0 Å². The molecule has 1 aromatic carbocycles. The first-order valence-corrected chi connectivity index (χ1v) is 10.3. The van der Waals surface area contributed by atoms with Crippen LogP contribution in [0.1, 0.15) is 30.7 Å². The van der Waals surface area contributed by atoms with Crippen molar-refractivity contribution in [2.24, 2.45) is 5.73 Å². The summed E-state index contributed by atoms with van der Waals surface area (Å²) in [7, 11) is 2.08. The molecule has 28 heavy (non-hydrogen) atoms. The van der Waals surface area contributed by atoms with Crippen LogP contribution in [-0.4, -0.2) is 79.0 Å². The molecule has 1 saturated carbocycles. The van der Waals surface area contributed by atoms with Crippen molar-refractivity contribution in [2.75, 3.05) is 46.3 Å². The molecule has 1 saturated heterocycles. The van der Waals surface area contributed by atoms with Crippen LogP contribution >= 0.6 is 0 Å². The zero-order chi connectivity index (χ0) is 20.1.